The van der Waals surface area contributed by atoms with Gasteiger partial charge < -0.3 is 10.6 Å². The standard InChI is InChI=1S/C18H18BrN5/c1-12-6-7-14(10-16(12)19)23-18-22-13(2)9-17(24-18)21-11-15-5-3-4-8-20-15/h3-10H,11H2,1-2H3,(H2,21,22,23,24). The van der Waals surface area contributed by atoms with Gasteiger partial charge in [0, 0.05) is 28.1 Å². The number of nitrogens with one attached hydrogen (secondary N) is 2. The Hall–Kier alpha value is -2.47. The number of anilines is 3. The molecule has 0 atom stereocenters. The van der Waals surface area contributed by atoms with Gasteiger partial charge in [0.2, 0.25) is 5.95 Å². The Morgan fingerprint density at radius 1 is 1.04 bits per heavy atom. The average Bonchev–Trinajstić information content (AvgIpc) is 2.57. The lowest BCUT2D eigenvalue weighted by molar-refractivity contribution is 1.01. The van der Waals surface area contributed by atoms with Crippen LogP contribution in [-0.2, 0) is 6.54 Å². The molecule has 0 aliphatic carbocycles. The molecule has 0 unspecified atom stereocenters. The molecule has 5 nitrogen and oxygen atoms in total. The van der Waals surface area contributed by atoms with Gasteiger partial charge in [-0.15, -0.1) is 0 Å². The highest BCUT2D eigenvalue weighted by molar-refractivity contribution is 9.10. The summed E-state index contributed by atoms with van der Waals surface area (Å²) in [5.41, 5.74) is 3.98. The number of aromatic nitrogens is 3. The minimum atomic E-state index is 0.564. The van der Waals surface area contributed by atoms with Crippen LogP contribution in [0.25, 0.3) is 0 Å². The predicted octanol–water partition coefficient (Wildman–Crippen LogP) is 4.61. The second kappa shape index (κ2) is 7.40. The van der Waals surface area contributed by atoms with E-state index >= 15 is 0 Å². The smallest absolute Gasteiger partial charge is 0.229 e. The molecule has 2 N–H and O–H groups in total. The fraction of sp³-hybridized carbons (Fsp3) is 0.167. The van der Waals surface area contributed by atoms with Crippen molar-refractivity contribution in [3.63, 3.8) is 0 Å². The van der Waals surface area contributed by atoms with Crippen molar-refractivity contribution in [3.8, 4) is 0 Å². The number of benzene rings is 1. The third-order valence-electron chi connectivity index (χ3n) is 3.46. The van der Waals surface area contributed by atoms with Crippen molar-refractivity contribution < 1.29 is 0 Å². The molecule has 2 heterocycles. The summed E-state index contributed by atoms with van der Waals surface area (Å²) in [6, 6.07) is 13.8. The Bertz CT molecular complexity index is 836. The first-order valence-corrected chi connectivity index (χ1v) is 8.42. The minimum Gasteiger partial charge on any atom is -0.364 e. The van der Waals surface area contributed by atoms with Crippen molar-refractivity contribution >= 4 is 33.4 Å². The summed E-state index contributed by atoms with van der Waals surface area (Å²) < 4.78 is 1.05. The summed E-state index contributed by atoms with van der Waals surface area (Å²) in [7, 11) is 0. The molecule has 24 heavy (non-hydrogen) atoms. The highest BCUT2D eigenvalue weighted by Gasteiger charge is 2.04. The Kier molecular flexibility index (Phi) is 5.05. The average molecular weight is 384 g/mol. The van der Waals surface area contributed by atoms with E-state index in [-0.39, 0.29) is 0 Å². The van der Waals surface area contributed by atoms with E-state index in [9.17, 15) is 0 Å². The minimum absolute atomic E-state index is 0.564. The molecule has 0 fully saturated rings. The summed E-state index contributed by atoms with van der Waals surface area (Å²) in [6.45, 7) is 4.62. The zero-order chi connectivity index (χ0) is 16.9. The Labute approximate surface area is 149 Å². The van der Waals surface area contributed by atoms with E-state index in [2.05, 4.69) is 48.4 Å². The lowest BCUT2D eigenvalue weighted by Gasteiger charge is -2.10. The number of rotatable bonds is 5. The Balaban J connectivity index is 1.74. The van der Waals surface area contributed by atoms with Gasteiger partial charge in [-0.1, -0.05) is 28.1 Å². The Morgan fingerprint density at radius 3 is 2.67 bits per heavy atom. The highest BCUT2D eigenvalue weighted by Crippen LogP contribution is 2.23. The fourth-order valence-corrected chi connectivity index (χ4v) is 2.58. The van der Waals surface area contributed by atoms with E-state index in [1.807, 2.05) is 49.4 Å². The molecule has 1 aromatic carbocycles. The summed E-state index contributed by atoms with van der Waals surface area (Å²) >= 11 is 3.54. The molecule has 2 aromatic heterocycles. The zero-order valence-corrected chi connectivity index (χ0v) is 15.1. The van der Waals surface area contributed by atoms with Crippen LogP contribution in [0.1, 0.15) is 17.0 Å². The van der Waals surface area contributed by atoms with Gasteiger partial charge in [-0.25, -0.2) is 4.98 Å². The molecule has 3 rings (SSSR count). The van der Waals surface area contributed by atoms with Crippen LogP contribution in [0.4, 0.5) is 17.5 Å². The first-order chi connectivity index (χ1) is 11.6. The van der Waals surface area contributed by atoms with E-state index in [1.165, 1.54) is 5.56 Å². The van der Waals surface area contributed by atoms with Gasteiger partial charge in [0.1, 0.15) is 5.82 Å². The second-order valence-electron chi connectivity index (χ2n) is 5.48. The summed E-state index contributed by atoms with van der Waals surface area (Å²) in [4.78, 5) is 13.3. The lowest BCUT2D eigenvalue weighted by Crippen LogP contribution is -2.06. The number of nitrogens with zero attached hydrogens (tertiary/aromatic N) is 3. The molecule has 0 saturated carbocycles. The van der Waals surface area contributed by atoms with Crippen molar-refractivity contribution in [2.24, 2.45) is 0 Å². The van der Waals surface area contributed by atoms with Crippen molar-refractivity contribution in [3.05, 3.63) is 70.1 Å². The second-order valence-corrected chi connectivity index (χ2v) is 6.34. The van der Waals surface area contributed by atoms with Gasteiger partial charge in [-0.2, -0.15) is 4.98 Å². The molecular formula is C18H18BrN5. The molecule has 0 saturated heterocycles. The molecule has 0 aliphatic heterocycles. The molecule has 0 spiro atoms. The van der Waals surface area contributed by atoms with Crippen molar-refractivity contribution in [2.75, 3.05) is 10.6 Å². The highest BCUT2D eigenvalue weighted by atomic mass is 79.9. The molecule has 122 valence electrons. The van der Waals surface area contributed by atoms with Crippen LogP contribution in [0, 0.1) is 13.8 Å². The van der Waals surface area contributed by atoms with Gasteiger partial charge in [0.15, 0.2) is 0 Å². The molecular weight excluding hydrogens is 366 g/mol. The molecule has 0 aliphatic rings. The Morgan fingerprint density at radius 2 is 1.92 bits per heavy atom. The monoisotopic (exact) mass is 383 g/mol. The van der Waals surface area contributed by atoms with Crippen LogP contribution in [0.3, 0.4) is 0 Å². The first kappa shape index (κ1) is 16.4. The van der Waals surface area contributed by atoms with Crippen molar-refractivity contribution in [1.82, 2.24) is 15.0 Å². The van der Waals surface area contributed by atoms with E-state index in [0.717, 1.165) is 27.4 Å². The molecule has 6 heteroatoms. The maximum Gasteiger partial charge on any atom is 0.229 e. The first-order valence-electron chi connectivity index (χ1n) is 7.63. The molecule has 0 bridgehead atoms. The third kappa shape index (κ3) is 4.29. The van der Waals surface area contributed by atoms with Crippen LogP contribution in [0.5, 0.6) is 0 Å². The van der Waals surface area contributed by atoms with Crippen molar-refractivity contribution in [1.29, 1.82) is 0 Å². The predicted molar refractivity (Wildman–Crippen MR) is 100 cm³/mol. The van der Waals surface area contributed by atoms with Crippen LogP contribution < -0.4 is 10.6 Å². The van der Waals surface area contributed by atoms with E-state index in [0.29, 0.717) is 12.5 Å². The van der Waals surface area contributed by atoms with Crippen LogP contribution in [-0.4, -0.2) is 15.0 Å². The number of aryl methyl sites for hydroxylation is 2. The van der Waals surface area contributed by atoms with E-state index in [4.69, 9.17) is 0 Å². The number of pyridine rings is 1. The van der Waals surface area contributed by atoms with Crippen LogP contribution >= 0.6 is 15.9 Å². The maximum atomic E-state index is 4.52. The zero-order valence-electron chi connectivity index (χ0n) is 13.5. The fourth-order valence-electron chi connectivity index (χ4n) is 2.20. The van der Waals surface area contributed by atoms with Gasteiger partial charge in [-0.05, 0) is 43.7 Å². The third-order valence-corrected chi connectivity index (χ3v) is 4.31. The van der Waals surface area contributed by atoms with Gasteiger partial charge in [0.25, 0.3) is 0 Å². The molecule has 0 radical (unpaired) electrons. The summed E-state index contributed by atoms with van der Waals surface area (Å²) in [5.74, 6) is 1.33. The molecule has 3 aromatic rings. The normalized spacial score (nSPS) is 10.5. The topological polar surface area (TPSA) is 62.7 Å². The number of hydrogen-bond acceptors (Lipinski definition) is 5. The summed E-state index contributed by atoms with van der Waals surface area (Å²) in [5, 5.41) is 6.53. The number of hydrogen-bond donors (Lipinski definition) is 2. The maximum absolute atomic E-state index is 4.52. The summed E-state index contributed by atoms with van der Waals surface area (Å²) in [6.07, 6.45) is 1.78. The van der Waals surface area contributed by atoms with Crippen LogP contribution in [0.2, 0.25) is 0 Å². The van der Waals surface area contributed by atoms with E-state index < -0.39 is 0 Å². The van der Waals surface area contributed by atoms with E-state index in [1.54, 1.807) is 6.20 Å². The lowest BCUT2D eigenvalue weighted by atomic mass is 10.2. The molecule has 0 amide bonds. The van der Waals surface area contributed by atoms with Crippen LogP contribution in [0.15, 0.2) is 53.1 Å². The van der Waals surface area contributed by atoms with Gasteiger partial charge >= 0.3 is 0 Å². The van der Waals surface area contributed by atoms with Gasteiger partial charge in [-0.3, -0.25) is 4.98 Å². The largest absolute Gasteiger partial charge is 0.364 e. The number of halogens is 1. The van der Waals surface area contributed by atoms with Crippen molar-refractivity contribution in [2.45, 2.75) is 20.4 Å². The quantitative estimate of drug-likeness (QED) is 0.673. The van der Waals surface area contributed by atoms with Gasteiger partial charge in [0.05, 0.1) is 12.2 Å². The SMILES string of the molecule is Cc1cc(NCc2ccccn2)nc(Nc2ccc(C)c(Br)c2)n1.